The lowest BCUT2D eigenvalue weighted by atomic mass is 9.42. The Morgan fingerprint density at radius 2 is 1.29 bits per heavy atom. The van der Waals surface area contributed by atoms with Crippen molar-refractivity contribution in [3.8, 4) is 0 Å². The Hall–Kier alpha value is -0.420. The fraction of sp³-hybridized carbons (Fsp3) is 0.933. The summed E-state index contributed by atoms with van der Waals surface area (Å²) < 4.78 is 0. The SMILES string of the molecule is C[C@@]12CC[C@@H]3[C@](C)(CC[C@@H](O)[C@]3(C)CO)[C@@H]1CC[C@H]1C(=CC[C@@H]3[C@]1(C)CC[C@H](O)[C@]3(C)CO)C2. The third-order valence-electron chi connectivity index (χ3n) is 13.2. The molecule has 0 aromatic rings. The van der Waals surface area contributed by atoms with Crippen LogP contribution in [0.1, 0.15) is 98.8 Å². The fourth-order valence-corrected chi connectivity index (χ4v) is 11.0. The summed E-state index contributed by atoms with van der Waals surface area (Å²) in [4.78, 5) is 0. The minimum absolute atomic E-state index is 0.0620. The van der Waals surface area contributed by atoms with Crippen LogP contribution in [0.3, 0.4) is 0 Å². The lowest BCUT2D eigenvalue weighted by Gasteiger charge is -2.64. The first-order valence-electron chi connectivity index (χ1n) is 14.2. The maximum absolute atomic E-state index is 10.9. The molecule has 4 saturated carbocycles. The van der Waals surface area contributed by atoms with Crippen molar-refractivity contribution < 1.29 is 20.4 Å². The van der Waals surface area contributed by atoms with Crippen molar-refractivity contribution in [1.29, 1.82) is 0 Å². The highest BCUT2D eigenvalue weighted by Gasteiger charge is 2.64. The summed E-state index contributed by atoms with van der Waals surface area (Å²) in [6.45, 7) is 11.9. The van der Waals surface area contributed by atoms with E-state index in [1.807, 2.05) is 0 Å². The molecule has 5 aliphatic carbocycles. The molecule has 4 nitrogen and oxygen atoms in total. The summed E-state index contributed by atoms with van der Waals surface area (Å²) in [5.41, 5.74) is 1.39. The van der Waals surface area contributed by atoms with E-state index in [0.717, 1.165) is 38.5 Å². The number of aliphatic hydroxyl groups excluding tert-OH is 4. The van der Waals surface area contributed by atoms with Gasteiger partial charge in [0, 0.05) is 10.8 Å². The van der Waals surface area contributed by atoms with Gasteiger partial charge in [0.05, 0.1) is 25.4 Å². The van der Waals surface area contributed by atoms with Gasteiger partial charge in [-0.05, 0) is 104 Å². The van der Waals surface area contributed by atoms with Crippen molar-refractivity contribution in [2.45, 2.75) is 111 Å². The zero-order valence-corrected chi connectivity index (χ0v) is 22.3. The minimum Gasteiger partial charge on any atom is -0.396 e. The van der Waals surface area contributed by atoms with Crippen LogP contribution in [0.2, 0.25) is 0 Å². The Kier molecular flexibility index (Phi) is 5.97. The van der Waals surface area contributed by atoms with Crippen LogP contribution in [0.15, 0.2) is 11.6 Å². The predicted octanol–water partition coefficient (Wildman–Crippen LogP) is 5.08. The van der Waals surface area contributed by atoms with Gasteiger partial charge in [-0.2, -0.15) is 0 Å². The van der Waals surface area contributed by atoms with Crippen LogP contribution in [0.25, 0.3) is 0 Å². The molecule has 5 rings (SSSR count). The van der Waals surface area contributed by atoms with Crippen molar-refractivity contribution in [3.05, 3.63) is 11.6 Å². The van der Waals surface area contributed by atoms with Crippen LogP contribution >= 0.6 is 0 Å². The quantitative estimate of drug-likeness (QED) is 0.421. The van der Waals surface area contributed by atoms with E-state index in [-0.39, 0.29) is 29.5 Å². The van der Waals surface area contributed by atoms with E-state index in [9.17, 15) is 20.4 Å². The molecule has 4 fully saturated rings. The molecule has 194 valence electrons. The largest absolute Gasteiger partial charge is 0.396 e. The molecule has 5 aliphatic rings. The third kappa shape index (κ3) is 3.17. The Bertz CT molecular complexity index is 840. The highest BCUT2D eigenvalue weighted by molar-refractivity contribution is 5.25. The van der Waals surface area contributed by atoms with Crippen molar-refractivity contribution in [2.75, 3.05) is 13.2 Å². The predicted molar refractivity (Wildman–Crippen MR) is 135 cm³/mol. The number of hydrogen-bond donors (Lipinski definition) is 4. The molecule has 0 radical (unpaired) electrons. The molecule has 4 N–H and O–H groups in total. The van der Waals surface area contributed by atoms with E-state index in [1.54, 1.807) is 5.57 Å². The highest BCUT2D eigenvalue weighted by atomic mass is 16.3. The second-order valence-electron chi connectivity index (χ2n) is 14.6. The summed E-state index contributed by atoms with van der Waals surface area (Å²) in [7, 11) is 0. The van der Waals surface area contributed by atoms with Gasteiger partial charge in [0.2, 0.25) is 0 Å². The number of allylic oxidation sites excluding steroid dienone is 2. The van der Waals surface area contributed by atoms with Crippen LogP contribution in [0.4, 0.5) is 0 Å². The van der Waals surface area contributed by atoms with Gasteiger partial charge < -0.3 is 20.4 Å². The average molecular weight is 475 g/mol. The minimum atomic E-state index is -0.419. The Morgan fingerprint density at radius 3 is 1.91 bits per heavy atom. The van der Waals surface area contributed by atoms with Gasteiger partial charge in [0.15, 0.2) is 0 Å². The highest BCUT2D eigenvalue weighted by Crippen LogP contribution is 2.70. The summed E-state index contributed by atoms with van der Waals surface area (Å²) in [5.74, 6) is 1.82. The smallest absolute Gasteiger partial charge is 0.0618 e. The maximum atomic E-state index is 10.9. The Morgan fingerprint density at radius 1 is 0.706 bits per heavy atom. The molecule has 34 heavy (non-hydrogen) atoms. The molecule has 11 atom stereocenters. The third-order valence-corrected chi connectivity index (χ3v) is 13.2. The number of rotatable bonds is 2. The molecule has 0 aromatic carbocycles. The molecular formula is C30H50O4. The molecule has 0 saturated heterocycles. The number of hydrogen-bond acceptors (Lipinski definition) is 4. The molecule has 0 aromatic heterocycles. The second kappa shape index (κ2) is 8.04. The standard InChI is InChI=1S/C30H50O4/c1-26-13-10-23-28(3,15-12-25(34)30(23,5)18-32)21(26)9-7-20-19(16-26)6-8-22-27(20,2)14-11-24(33)29(22,4)17-31/h6,20-25,31-34H,7-18H2,1-5H3/t20-,21+,22+,23+,24-,25+,26-,27+,28+,29+,30+/m0/s1. The van der Waals surface area contributed by atoms with E-state index < -0.39 is 23.0 Å². The zero-order chi connectivity index (χ0) is 24.7. The lowest BCUT2D eigenvalue weighted by molar-refractivity contribution is -0.189. The van der Waals surface area contributed by atoms with E-state index >= 15 is 0 Å². The molecule has 0 aliphatic heterocycles. The molecule has 0 spiro atoms. The monoisotopic (exact) mass is 474 g/mol. The van der Waals surface area contributed by atoms with Crippen LogP contribution in [-0.4, -0.2) is 45.8 Å². The van der Waals surface area contributed by atoms with Gasteiger partial charge in [-0.3, -0.25) is 0 Å². The van der Waals surface area contributed by atoms with Gasteiger partial charge >= 0.3 is 0 Å². The lowest BCUT2D eigenvalue weighted by Crippen LogP contribution is -2.60. The van der Waals surface area contributed by atoms with Crippen LogP contribution < -0.4 is 0 Å². The first kappa shape index (κ1) is 25.2. The fourth-order valence-electron chi connectivity index (χ4n) is 11.0. The van der Waals surface area contributed by atoms with Crippen LogP contribution in [-0.2, 0) is 0 Å². The van der Waals surface area contributed by atoms with Gasteiger partial charge in [0.1, 0.15) is 0 Å². The van der Waals surface area contributed by atoms with Gasteiger partial charge in [-0.25, -0.2) is 0 Å². The normalized spacial score (nSPS) is 57.4. The van der Waals surface area contributed by atoms with Crippen molar-refractivity contribution >= 4 is 0 Å². The molecular weight excluding hydrogens is 424 g/mol. The van der Waals surface area contributed by atoms with Crippen LogP contribution in [0.5, 0.6) is 0 Å². The zero-order valence-electron chi connectivity index (χ0n) is 22.3. The molecule has 0 heterocycles. The Labute approximate surface area is 207 Å². The van der Waals surface area contributed by atoms with Gasteiger partial charge in [0.25, 0.3) is 0 Å². The summed E-state index contributed by atoms with van der Waals surface area (Å²) in [6.07, 6.45) is 12.2. The van der Waals surface area contributed by atoms with E-state index in [2.05, 4.69) is 40.7 Å². The molecule has 0 amide bonds. The average Bonchev–Trinajstić information content (AvgIpc) is 2.96. The number of aliphatic hydroxyl groups is 4. The van der Waals surface area contributed by atoms with Crippen molar-refractivity contribution in [1.82, 2.24) is 0 Å². The first-order valence-corrected chi connectivity index (χ1v) is 14.2. The van der Waals surface area contributed by atoms with Gasteiger partial charge in [-0.15, -0.1) is 0 Å². The van der Waals surface area contributed by atoms with E-state index in [0.29, 0.717) is 23.7 Å². The topological polar surface area (TPSA) is 80.9 Å². The molecule has 4 heteroatoms. The maximum Gasteiger partial charge on any atom is 0.0618 e. The first-order chi connectivity index (χ1) is 15.9. The summed E-state index contributed by atoms with van der Waals surface area (Å²) in [6, 6.07) is 0. The van der Waals surface area contributed by atoms with Crippen LogP contribution in [0, 0.1) is 50.7 Å². The molecule has 0 bridgehead atoms. The summed E-state index contributed by atoms with van der Waals surface area (Å²) in [5, 5.41) is 42.6. The van der Waals surface area contributed by atoms with Crippen molar-refractivity contribution in [3.63, 3.8) is 0 Å². The van der Waals surface area contributed by atoms with Gasteiger partial charge in [-0.1, -0.05) is 46.3 Å². The van der Waals surface area contributed by atoms with E-state index in [4.69, 9.17) is 0 Å². The molecule has 0 unspecified atom stereocenters. The van der Waals surface area contributed by atoms with Crippen molar-refractivity contribution in [2.24, 2.45) is 50.7 Å². The van der Waals surface area contributed by atoms with E-state index in [1.165, 1.54) is 25.7 Å². The summed E-state index contributed by atoms with van der Waals surface area (Å²) >= 11 is 0. The number of fused-ring (bicyclic) bond motifs is 6. The second-order valence-corrected chi connectivity index (χ2v) is 14.6. The Balaban J connectivity index is 1.50.